The molecule has 0 saturated heterocycles. The zero-order valence-electron chi connectivity index (χ0n) is 28.2. The molecular formula is C34H71NO6P+. The third kappa shape index (κ3) is 34.2. The van der Waals surface area contributed by atoms with Crippen LogP contribution in [0.5, 0.6) is 0 Å². The van der Waals surface area contributed by atoms with Crippen LogP contribution in [0.4, 0.5) is 0 Å². The summed E-state index contributed by atoms with van der Waals surface area (Å²) in [5.74, 6) is 0. The Hall–Kier alpha value is -0.270. The predicted molar refractivity (Wildman–Crippen MR) is 178 cm³/mol. The van der Waals surface area contributed by atoms with E-state index in [2.05, 4.69) is 19.1 Å². The SMILES string of the molecule is CCCCCCCCCC/C=C\CCCCCCCCCCCCCCOCC(O)COP(=O)(O)OCC[N+](C)(C)C. The molecule has 0 aromatic carbocycles. The summed E-state index contributed by atoms with van der Waals surface area (Å²) in [5, 5.41) is 9.91. The number of rotatable bonds is 33. The summed E-state index contributed by atoms with van der Waals surface area (Å²) < 4.78 is 27.8. The number of allylic oxidation sites excluding steroid dienone is 2. The van der Waals surface area contributed by atoms with Crippen molar-refractivity contribution in [1.82, 2.24) is 0 Å². The maximum Gasteiger partial charge on any atom is 0.472 e. The molecule has 2 unspecified atom stereocenters. The third-order valence-corrected chi connectivity index (χ3v) is 8.54. The fourth-order valence-electron chi connectivity index (χ4n) is 4.78. The van der Waals surface area contributed by atoms with Gasteiger partial charge in [-0.05, 0) is 32.1 Å². The number of aliphatic hydroxyl groups is 1. The van der Waals surface area contributed by atoms with Crippen molar-refractivity contribution in [2.24, 2.45) is 0 Å². The highest BCUT2D eigenvalue weighted by Gasteiger charge is 2.24. The van der Waals surface area contributed by atoms with Gasteiger partial charge in [-0.1, -0.05) is 128 Å². The van der Waals surface area contributed by atoms with Crippen molar-refractivity contribution in [3.63, 3.8) is 0 Å². The smallest absolute Gasteiger partial charge is 0.388 e. The van der Waals surface area contributed by atoms with E-state index in [1.807, 2.05) is 21.1 Å². The Balaban J connectivity index is 3.32. The van der Waals surface area contributed by atoms with Crippen LogP contribution in [-0.2, 0) is 18.3 Å². The number of hydrogen-bond acceptors (Lipinski definition) is 5. The molecule has 0 amide bonds. The molecule has 2 N–H and O–H groups in total. The number of nitrogens with zero attached hydrogens (tertiary/aromatic N) is 1. The minimum atomic E-state index is -4.15. The standard InChI is InChI=1S/C34H70NO6P/c1-5-6-7-8-9-10-11-12-13-14-15-16-17-18-19-20-21-22-23-24-25-26-27-28-30-39-32-34(36)33-41-42(37,38)40-31-29-35(2,3)4/h14-15,34,36H,5-13,16-33H2,1-4H3/p+1/b15-14-. The molecule has 0 aliphatic carbocycles. The van der Waals surface area contributed by atoms with Gasteiger partial charge < -0.3 is 19.2 Å². The fraction of sp³-hybridized carbons (Fsp3) is 0.941. The van der Waals surface area contributed by atoms with Gasteiger partial charge in [0.15, 0.2) is 0 Å². The Bertz CT molecular complexity index is 640. The molecule has 252 valence electrons. The number of hydrogen-bond donors (Lipinski definition) is 2. The molecule has 2 atom stereocenters. The second-order valence-electron chi connectivity index (χ2n) is 13.1. The average molecular weight is 621 g/mol. The third-order valence-electron chi connectivity index (χ3n) is 7.56. The Morgan fingerprint density at radius 1 is 0.619 bits per heavy atom. The van der Waals surface area contributed by atoms with Gasteiger partial charge in [0.05, 0.1) is 34.4 Å². The van der Waals surface area contributed by atoms with Crippen molar-refractivity contribution in [1.29, 1.82) is 0 Å². The van der Waals surface area contributed by atoms with Gasteiger partial charge in [-0.3, -0.25) is 9.05 Å². The fourth-order valence-corrected chi connectivity index (χ4v) is 5.53. The van der Waals surface area contributed by atoms with E-state index in [0.717, 1.165) is 12.8 Å². The lowest BCUT2D eigenvalue weighted by Crippen LogP contribution is -2.37. The summed E-state index contributed by atoms with van der Waals surface area (Å²) in [6.45, 7) is 3.37. The Kier molecular flexibility index (Phi) is 29.3. The summed E-state index contributed by atoms with van der Waals surface area (Å²) in [4.78, 5) is 9.68. The molecule has 0 radical (unpaired) electrons. The zero-order valence-corrected chi connectivity index (χ0v) is 29.1. The van der Waals surface area contributed by atoms with Crippen LogP contribution >= 0.6 is 7.82 Å². The summed E-state index contributed by atoms with van der Waals surface area (Å²) in [6.07, 6.45) is 33.2. The van der Waals surface area contributed by atoms with Crippen LogP contribution in [0.1, 0.15) is 148 Å². The maximum absolute atomic E-state index is 11.8. The number of quaternary nitrogens is 1. The highest BCUT2D eigenvalue weighted by atomic mass is 31.2. The van der Waals surface area contributed by atoms with Crippen molar-refractivity contribution in [3.05, 3.63) is 12.2 Å². The monoisotopic (exact) mass is 621 g/mol. The number of ether oxygens (including phenoxy) is 1. The number of unbranched alkanes of at least 4 members (excludes halogenated alkanes) is 20. The number of phosphoric acid groups is 1. The van der Waals surface area contributed by atoms with Crippen LogP contribution in [-0.4, -0.2) is 74.7 Å². The molecule has 0 fully saturated rings. The molecule has 0 bridgehead atoms. The van der Waals surface area contributed by atoms with E-state index >= 15 is 0 Å². The average Bonchev–Trinajstić information content (AvgIpc) is 2.93. The lowest BCUT2D eigenvalue weighted by Gasteiger charge is -2.24. The van der Waals surface area contributed by atoms with Crippen LogP contribution in [0.15, 0.2) is 12.2 Å². The number of phosphoric ester groups is 1. The lowest BCUT2D eigenvalue weighted by molar-refractivity contribution is -0.870. The Morgan fingerprint density at radius 3 is 1.50 bits per heavy atom. The molecule has 8 heteroatoms. The van der Waals surface area contributed by atoms with Gasteiger partial charge in [0.2, 0.25) is 0 Å². The van der Waals surface area contributed by atoms with Gasteiger partial charge in [-0.2, -0.15) is 0 Å². The van der Waals surface area contributed by atoms with Gasteiger partial charge >= 0.3 is 7.82 Å². The second kappa shape index (κ2) is 29.4. The van der Waals surface area contributed by atoms with Gasteiger partial charge in [-0.15, -0.1) is 0 Å². The van der Waals surface area contributed by atoms with E-state index in [1.54, 1.807) is 0 Å². The number of aliphatic hydroxyl groups excluding tert-OH is 1. The summed E-state index contributed by atoms with van der Waals surface area (Å²) >= 11 is 0. The normalized spacial score (nSPS) is 14.5. The largest absolute Gasteiger partial charge is 0.472 e. The molecule has 0 aliphatic heterocycles. The Morgan fingerprint density at radius 2 is 1.05 bits per heavy atom. The van der Waals surface area contributed by atoms with E-state index in [0.29, 0.717) is 17.6 Å². The molecule has 42 heavy (non-hydrogen) atoms. The Labute approximate surface area is 261 Å². The molecule has 0 aromatic rings. The minimum Gasteiger partial charge on any atom is -0.388 e. The molecule has 0 spiro atoms. The molecule has 7 nitrogen and oxygen atoms in total. The van der Waals surface area contributed by atoms with Gasteiger partial charge in [0, 0.05) is 6.61 Å². The van der Waals surface area contributed by atoms with Gasteiger partial charge in [0.1, 0.15) is 19.3 Å². The van der Waals surface area contributed by atoms with E-state index in [1.165, 1.54) is 128 Å². The summed E-state index contributed by atoms with van der Waals surface area (Å²) in [7, 11) is 1.76. The van der Waals surface area contributed by atoms with E-state index in [9.17, 15) is 14.6 Å². The first-order chi connectivity index (χ1) is 20.2. The molecule has 0 saturated carbocycles. The van der Waals surface area contributed by atoms with Crippen LogP contribution < -0.4 is 0 Å². The van der Waals surface area contributed by atoms with E-state index in [-0.39, 0.29) is 19.8 Å². The van der Waals surface area contributed by atoms with E-state index in [4.69, 9.17) is 13.8 Å². The summed E-state index contributed by atoms with van der Waals surface area (Å²) in [6, 6.07) is 0. The van der Waals surface area contributed by atoms with Crippen molar-refractivity contribution in [2.45, 2.75) is 154 Å². The maximum atomic E-state index is 11.8. The van der Waals surface area contributed by atoms with Gasteiger partial charge in [-0.25, -0.2) is 4.57 Å². The number of likely N-dealkylation sites (N-methyl/N-ethyl adjacent to an activating group) is 1. The van der Waals surface area contributed by atoms with Crippen molar-refractivity contribution >= 4 is 7.82 Å². The van der Waals surface area contributed by atoms with Crippen LogP contribution in [0, 0.1) is 0 Å². The quantitative estimate of drug-likeness (QED) is 0.0329. The van der Waals surface area contributed by atoms with Crippen molar-refractivity contribution in [2.75, 3.05) is 54.1 Å². The first-order valence-corrected chi connectivity index (χ1v) is 19.0. The minimum absolute atomic E-state index is 0.0922. The topological polar surface area (TPSA) is 85.2 Å². The second-order valence-corrected chi connectivity index (χ2v) is 14.6. The summed E-state index contributed by atoms with van der Waals surface area (Å²) in [5.41, 5.74) is 0. The highest BCUT2D eigenvalue weighted by molar-refractivity contribution is 7.47. The van der Waals surface area contributed by atoms with Crippen molar-refractivity contribution < 1.29 is 32.8 Å². The highest BCUT2D eigenvalue weighted by Crippen LogP contribution is 2.43. The van der Waals surface area contributed by atoms with Crippen LogP contribution in [0.3, 0.4) is 0 Å². The predicted octanol–water partition coefficient (Wildman–Crippen LogP) is 9.36. The first kappa shape index (κ1) is 41.7. The van der Waals surface area contributed by atoms with Gasteiger partial charge in [0.25, 0.3) is 0 Å². The lowest BCUT2D eigenvalue weighted by atomic mass is 10.0. The molecule has 0 aromatic heterocycles. The zero-order chi connectivity index (χ0) is 31.2. The molecule has 0 rings (SSSR count). The van der Waals surface area contributed by atoms with E-state index < -0.39 is 13.9 Å². The van der Waals surface area contributed by atoms with Crippen molar-refractivity contribution in [3.8, 4) is 0 Å². The first-order valence-electron chi connectivity index (χ1n) is 17.5. The molecular weight excluding hydrogens is 549 g/mol. The van der Waals surface area contributed by atoms with Crippen LogP contribution in [0.25, 0.3) is 0 Å². The van der Waals surface area contributed by atoms with Crippen LogP contribution in [0.2, 0.25) is 0 Å². The molecule has 0 aliphatic rings. The molecule has 0 heterocycles.